The first kappa shape index (κ1) is 23.7. The van der Waals surface area contributed by atoms with Gasteiger partial charge in [-0.15, -0.1) is 0 Å². The van der Waals surface area contributed by atoms with Crippen LogP contribution in [0.1, 0.15) is 50.3 Å². The summed E-state index contributed by atoms with van der Waals surface area (Å²) in [5.74, 6) is 2.58. The van der Waals surface area contributed by atoms with Gasteiger partial charge in [0.05, 0.1) is 5.69 Å². The standard InChI is InChI=1S/C23H37N5O2/c1-6-20-19(21(7-2)30-27-20)17-26-23(24-5)25-16-18-12-10-11-13-22(18)29-15-14-28(8-3)9-4/h10-13H,6-9,14-17H2,1-5H3,(H2,24,25,26). The minimum atomic E-state index is 0.631. The Bertz CT molecular complexity index is 762. The average molecular weight is 416 g/mol. The lowest BCUT2D eigenvalue weighted by Crippen LogP contribution is -2.36. The van der Waals surface area contributed by atoms with E-state index in [-0.39, 0.29) is 0 Å². The summed E-state index contributed by atoms with van der Waals surface area (Å²) in [5.41, 5.74) is 3.23. The molecule has 0 unspecified atom stereocenters. The summed E-state index contributed by atoms with van der Waals surface area (Å²) in [7, 11) is 1.77. The maximum atomic E-state index is 6.05. The van der Waals surface area contributed by atoms with Gasteiger partial charge in [-0.2, -0.15) is 0 Å². The minimum absolute atomic E-state index is 0.631. The number of nitrogens with zero attached hydrogens (tertiary/aromatic N) is 3. The highest BCUT2D eigenvalue weighted by Gasteiger charge is 2.14. The molecule has 166 valence electrons. The first-order chi connectivity index (χ1) is 14.7. The summed E-state index contributed by atoms with van der Waals surface area (Å²) in [6.45, 7) is 13.5. The van der Waals surface area contributed by atoms with Crippen LogP contribution < -0.4 is 15.4 Å². The van der Waals surface area contributed by atoms with Gasteiger partial charge in [-0.3, -0.25) is 4.99 Å². The molecule has 0 amide bonds. The van der Waals surface area contributed by atoms with Crippen LogP contribution in [0.4, 0.5) is 0 Å². The third kappa shape index (κ3) is 6.76. The first-order valence-electron chi connectivity index (χ1n) is 11.0. The highest BCUT2D eigenvalue weighted by molar-refractivity contribution is 5.79. The highest BCUT2D eigenvalue weighted by atomic mass is 16.5. The molecule has 30 heavy (non-hydrogen) atoms. The van der Waals surface area contributed by atoms with Crippen molar-refractivity contribution in [3.8, 4) is 5.75 Å². The monoisotopic (exact) mass is 415 g/mol. The van der Waals surface area contributed by atoms with Crippen molar-refractivity contribution in [2.75, 3.05) is 33.3 Å². The lowest BCUT2D eigenvalue weighted by atomic mass is 10.1. The zero-order chi connectivity index (χ0) is 21.8. The number of hydrogen-bond donors (Lipinski definition) is 2. The number of likely N-dealkylation sites (N-methyl/N-ethyl adjacent to an activating group) is 1. The molecule has 2 rings (SSSR count). The Morgan fingerprint density at radius 3 is 2.47 bits per heavy atom. The number of aryl methyl sites for hydroxylation is 2. The molecule has 0 saturated heterocycles. The summed E-state index contributed by atoms with van der Waals surface area (Å²) in [4.78, 5) is 6.70. The van der Waals surface area contributed by atoms with Gasteiger partial charge in [0.15, 0.2) is 5.96 Å². The Balaban J connectivity index is 1.92. The Kier molecular flexibility index (Phi) is 10.2. The van der Waals surface area contributed by atoms with Crippen LogP contribution in [-0.2, 0) is 25.9 Å². The summed E-state index contributed by atoms with van der Waals surface area (Å²) >= 11 is 0. The number of para-hydroxylation sites is 1. The third-order valence-corrected chi connectivity index (χ3v) is 5.24. The smallest absolute Gasteiger partial charge is 0.191 e. The second kappa shape index (κ2) is 12.9. The number of nitrogens with one attached hydrogen (secondary N) is 2. The SMILES string of the molecule is CCc1noc(CC)c1CNC(=NC)NCc1ccccc1OCCN(CC)CC. The van der Waals surface area contributed by atoms with Crippen LogP contribution in [0.5, 0.6) is 5.75 Å². The van der Waals surface area contributed by atoms with E-state index >= 15 is 0 Å². The van der Waals surface area contributed by atoms with E-state index in [2.05, 4.69) is 59.4 Å². The van der Waals surface area contributed by atoms with Crippen molar-refractivity contribution < 1.29 is 9.26 Å². The van der Waals surface area contributed by atoms with Crippen LogP contribution in [-0.4, -0.2) is 49.3 Å². The van der Waals surface area contributed by atoms with Crippen LogP contribution in [0.15, 0.2) is 33.8 Å². The molecule has 0 saturated carbocycles. The van der Waals surface area contributed by atoms with Crippen LogP contribution in [0.25, 0.3) is 0 Å². The van der Waals surface area contributed by atoms with E-state index in [9.17, 15) is 0 Å². The molecule has 7 heteroatoms. The molecular formula is C23H37N5O2. The van der Waals surface area contributed by atoms with E-state index in [0.717, 1.165) is 66.8 Å². The predicted molar refractivity (Wildman–Crippen MR) is 122 cm³/mol. The molecule has 7 nitrogen and oxygen atoms in total. The quantitative estimate of drug-likeness (QED) is 0.409. The maximum Gasteiger partial charge on any atom is 0.191 e. The van der Waals surface area contributed by atoms with Crippen LogP contribution >= 0.6 is 0 Å². The van der Waals surface area contributed by atoms with Crippen molar-refractivity contribution in [2.24, 2.45) is 4.99 Å². The van der Waals surface area contributed by atoms with Crippen molar-refractivity contribution in [3.05, 3.63) is 46.8 Å². The molecule has 2 aromatic rings. The van der Waals surface area contributed by atoms with E-state index in [1.165, 1.54) is 0 Å². The van der Waals surface area contributed by atoms with Gasteiger partial charge in [-0.25, -0.2) is 0 Å². The van der Waals surface area contributed by atoms with Crippen molar-refractivity contribution in [1.29, 1.82) is 0 Å². The van der Waals surface area contributed by atoms with Gasteiger partial charge < -0.3 is 24.8 Å². The molecule has 2 N–H and O–H groups in total. The van der Waals surface area contributed by atoms with Gasteiger partial charge in [0, 0.05) is 44.2 Å². The van der Waals surface area contributed by atoms with E-state index in [1.807, 2.05) is 18.2 Å². The molecule has 1 aromatic carbocycles. The van der Waals surface area contributed by atoms with E-state index < -0.39 is 0 Å². The number of hydrogen-bond acceptors (Lipinski definition) is 5. The second-order valence-electron chi connectivity index (χ2n) is 7.00. The number of ether oxygens (including phenoxy) is 1. The van der Waals surface area contributed by atoms with E-state index in [4.69, 9.17) is 9.26 Å². The highest BCUT2D eigenvalue weighted by Crippen LogP contribution is 2.18. The van der Waals surface area contributed by atoms with Crippen LogP contribution in [0.3, 0.4) is 0 Å². The normalized spacial score (nSPS) is 11.7. The van der Waals surface area contributed by atoms with Gasteiger partial charge in [0.2, 0.25) is 0 Å². The van der Waals surface area contributed by atoms with Gasteiger partial charge >= 0.3 is 0 Å². The Labute approximate surface area is 180 Å². The summed E-state index contributed by atoms with van der Waals surface area (Å²) < 4.78 is 11.5. The molecule has 0 radical (unpaired) electrons. The van der Waals surface area contributed by atoms with Gasteiger partial charge in [-0.1, -0.05) is 51.1 Å². The summed E-state index contributed by atoms with van der Waals surface area (Å²) in [5, 5.41) is 10.9. The maximum absolute atomic E-state index is 6.05. The van der Waals surface area contributed by atoms with Crippen molar-refractivity contribution in [2.45, 2.75) is 53.6 Å². The van der Waals surface area contributed by atoms with Gasteiger partial charge in [-0.05, 0) is 25.6 Å². The fourth-order valence-corrected chi connectivity index (χ4v) is 3.32. The fourth-order valence-electron chi connectivity index (χ4n) is 3.32. The molecule has 0 atom stereocenters. The second-order valence-corrected chi connectivity index (χ2v) is 7.00. The predicted octanol–water partition coefficient (Wildman–Crippen LogP) is 3.39. The largest absolute Gasteiger partial charge is 0.492 e. The molecule has 0 spiro atoms. The Hall–Kier alpha value is -2.54. The molecule has 0 bridgehead atoms. The minimum Gasteiger partial charge on any atom is -0.492 e. The molecule has 0 aliphatic heterocycles. The lowest BCUT2D eigenvalue weighted by Gasteiger charge is -2.19. The molecule has 1 aromatic heterocycles. The van der Waals surface area contributed by atoms with Crippen molar-refractivity contribution >= 4 is 5.96 Å². The number of guanidine groups is 1. The van der Waals surface area contributed by atoms with Gasteiger partial charge in [0.25, 0.3) is 0 Å². The van der Waals surface area contributed by atoms with Crippen LogP contribution in [0, 0.1) is 0 Å². The molecule has 0 aliphatic rings. The summed E-state index contributed by atoms with van der Waals surface area (Å²) in [6, 6.07) is 8.14. The van der Waals surface area contributed by atoms with Crippen LogP contribution in [0.2, 0.25) is 0 Å². The van der Waals surface area contributed by atoms with Crippen molar-refractivity contribution in [3.63, 3.8) is 0 Å². The fraction of sp³-hybridized carbons (Fsp3) is 0.565. The van der Waals surface area contributed by atoms with Gasteiger partial charge in [0.1, 0.15) is 18.1 Å². The zero-order valence-corrected chi connectivity index (χ0v) is 19.1. The topological polar surface area (TPSA) is 74.9 Å². The Morgan fingerprint density at radius 1 is 1.07 bits per heavy atom. The molecular weight excluding hydrogens is 378 g/mol. The molecule has 1 heterocycles. The molecule has 0 fully saturated rings. The average Bonchev–Trinajstić information content (AvgIpc) is 3.19. The Morgan fingerprint density at radius 2 is 1.80 bits per heavy atom. The first-order valence-corrected chi connectivity index (χ1v) is 11.0. The van der Waals surface area contributed by atoms with E-state index in [1.54, 1.807) is 7.05 Å². The van der Waals surface area contributed by atoms with E-state index in [0.29, 0.717) is 19.7 Å². The summed E-state index contributed by atoms with van der Waals surface area (Å²) in [6.07, 6.45) is 1.68. The number of benzene rings is 1. The number of rotatable bonds is 12. The zero-order valence-electron chi connectivity index (χ0n) is 19.1. The lowest BCUT2D eigenvalue weighted by molar-refractivity contribution is 0.221. The third-order valence-electron chi connectivity index (χ3n) is 5.24. The number of aromatic nitrogens is 1. The molecule has 0 aliphatic carbocycles. The number of aliphatic imine (C=N–C) groups is 1. The van der Waals surface area contributed by atoms with Crippen molar-refractivity contribution in [1.82, 2.24) is 20.7 Å².